The first kappa shape index (κ1) is 26.6. The van der Waals surface area contributed by atoms with Crippen LogP contribution in [0.4, 0.5) is 0 Å². The summed E-state index contributed by atoms with van der Waals surface area (Å²) in [6.45, 7) is 4.81. The molecule has 0 saturated heterocycles. The number of rotatable bonds is 5. The van der Waals surface area contributed by atoms with E-state index in [2.05, 4.69) is 175 Å². The second-order valence-corrected chi connectivity index (χ2v) is 62.4. The Bertz CT molecular complexity index is 1970. The Morgan fingerprint density at radius 3 is 1.76 bits per heavy atom. The number of benzene rings is 5. The van der Waals surface area contributed by atoms with E-state index in [1.54, 1.807) is 0 Å². The molecule has 0 heterocycles. The van der Waals surface area contributed by atoms with Crippen molar-refractivity contribution in [2.45, 2.75) is 23.4 Å². The summed E-state index contributed by atoms with van der Waals surface area (Å²) < 4.78 is 9.05. The van der Waals surface area contributed by atoms with Crippen LogP contribution in [0.2, 0.25) is 9.26 Å². The summed E-state index contributed by atoms with van der Waals surface area (Å²) in [5.41, 5.74) is 9.73. The van der Waals surface area contributed by atoms with Crippen molar-refractivity contribution in [1.82, 2.24) is 0 Å². The van der Waals surface area contributed by atoms with Crippen molar-refractivity contribution in [3.63, 3.8) is 0 Å². The van der Waals surface area contributed by atoms with Gasteiger partial charge in [0.2, 0.25) is 0 Å². The molecule has 2 aliphatic rings. The molecule has 41 heavy (non-hydrogen) atoms. The van der Waals surface area contributed by atoms with Crippen LogP contribution in [0.3, 0.4) is 0 Å². The Balaban J connectivity index is 1.70. The van der Waals surface area contributed by atoms with E-state index in [1.807, 2.05) is 0 Å². The van der Waals surface area contributed by atoms with E-state index >= 15 is 0 Å². The van der Waals surface area contributed by atoms with Crippen LogP contribution in [0.25, 0.3) is 23.3 Å². The summed E-state index contributed by atoms with van der Waals surface area (Å²) in [4.78, 5) is 0. The Labute approximate surface area is 240 Å². The minimum atomic E-state index is -5.66. The number of fused-ring (bicyclic) bond motifs is 2. The van der Waals surface area contributed by atoms with Crippen molar-refractivity contribution in [3.05, 3.63) is 167 Å². The van der Waals surface area contributed by atoms with Gasteiger partial charge in [-0.25, -0.2) is 0 Å². The second kappa shape index (κ2) is 8.15. The van der Waals surface area contributed by atoms with Gasteiger partial charge in [0.05, 0.1) is 0 Å². The molecule has 2 atom stereocenters. The summed E-state index contributed by atoms with van der Waals surface area (Å²) in [5, 5.41) is 0. The first-order valence-electron chi connectivity index (χ1n) is 14.9. The van der Waals surface area contributed by atoms with Gasteiger partial charge in [0, 0.05) is 0 Å². The zero-order chi connectivity index (χ0) is 28.4. The number of hydrogen-bond acceptors (Lipinski definition) is 0. The van der Waals surface area contributed by atoms with Gasteiger partial charge in [-0.2, -0.15) is 0 Å². The summed E-state index contributed by atoms with van der Waals surface area (Å²) >= 11 is -5.66. The molecule has 0 amide bonds. The topological polar surface area (TPSA) is 0 Å². The average molecular weight is 626 g/mol. The van der Waals surface area contributed by atoms with Crippen molar-refractivity contribution in [2.24, 2.45) is 0 Å². The van der Waals surface area contributed by atoms with E-state index in [0.29, 0.717) is 0 Å². The van der Waals surface area contributed by atoms with Gasteiger partial charge in [-0.3, -0.25) is 0 Å². The van der Waals surface area contributed by atoms with Gasteiger partial charge in [0.25, 0.3) is 0 Å². The molecule has 7 rings (SSSR count). The molecular weight excluding hydrogens is 588 g/mol. The second-order valence-electron chi connectivity index (χ2n) is 14.7. The van der Waals surface area contributed by atoms with Crippen molar-refractivity contribution < 1.29 is 14.4 Å². The molecule has 0 radical (unpaired) electrons. The zero-order valence-electron chi connectivity index (χ0n) is 24.3. The molecule has 2 heteroatoms. The van der Waals surface area contributed by atoms with Gasteiger partial charge in [-0.05, 0) is 0 Å². The molecule has 0 fully saturated rings. The van der Waals surface area contributed by atoms with Crippen LogP contribution in [-0.2, 0) is 14.4 Å². The summed E-state index contributed by atoms with van der Waals surface area (Å²) in [6.07, 6.45) is 7.51. The summed E-state index contributed by atoms with van der Waals surface area (Å²) in [5.74, 6) is 0. The molecule has 2 unspecified atom stereocenters. The number of allylic oxidation sites excluding steroid dienone is 2. The molecule has 2 aliphatic carbocycles. The normalized spacial score (nSPS) is 20.2. The monoisotopic (exact) mass is 624 g/mol. The fourth-order valence-corrected chi connectivity index (χ4v) is 46.2. The first-order chi connectivity index (χ1) is 19.6. The molecule has 0 aliphatic heterocycles. The molecule has 5 aromatic rings. The third-order valence-electron chi connectivity index (χ3n) is 11.8. The van der Waals surface area contributed by atoms with Gasteiger partial charge in [0.15, 0.2) is 0 Å². The van der Waals surface area contributed by atoms with Crippen LogP contribution in [0, 0.1) is 0 Å². The van der Waals surface area contributed by atoms with Crippen molar-refractivity contribution in [1.29, 1.82) is 0 Å². The van der Waals surface area contributed by atoms with Crippen LogP contribution < -0.4 is 6.54 Å². The van der Waals surface area contributed by atoms with Gasteiger partial charge in [0.1, 0.15) is 0 Å². The molecule has 202 valence electrons. The molecule has 5 aromatic carbocycles. The third kappa shape index (κ3) is 3.13. The maximum atomic E-state index is 2.78. The van der Waals surface area contributed by atoms with E-state index in [4.69, 9.17) is 0 Å². The van der Waals surface area contributed by atoms with Gasteiger partial charge in [-0.1, -0.05) is 0 Å². The van der Waals surface area contributed by atoms with Crippen LogP contribution in [0.5, 0.6) is 0 Å². The zero-order valence-corrected chi connectivity index (χ0v) is 28.2. The number of hydrogen-bond donors (Lipinski definition) is 0. The van der Waals surface area contributed by atoms with E-state index in [-0.39, 0.29) is 7.25 Å². The van der Waals surface area contributed by atoms with E-state index in [0.717, 1.165) is 0 Å². The van der Waals surface area contributed by atoms with E-state index < -0.39 is 14.4 Å². The van der Waals surface area contributed by atoms with Gasteiger partial charge < -0.3 is 0 Å². The predicted octanol–water partition coefficient (Wildman–Crippen LogP) is 8.64. The Morgan fingerprint density at radius 2 is 1.12 bits per heavy atom. The Kier molecular flexibility index (Phi) is 5.28. The predicted molar refractivity (Wildman–Crippen MR) is 179 cm³/mol. The van der Waals surface area contributed by atoms with Crippen LogP contribution in [0.15, 0.2) is 145 Å². The van der Waals surface area contributed by atoms with Gasteiger partial charge in [-0.15, -0.1) is 0 Å². The maximum absolute atomic E-state index is 5.66. The van der Waals surface area contributed by atoms with Crippen LogP contribution >= 0.6 is 0 Å². The molecule has 0 N–H and O–H groups in total. The molecule has 0 saturated carbocycles. The standard InChI is InChI=1S/C15H11.C10H9.2C6H5.2CH3.H2Si.Zr/c1-2-6-12(7-3-1)14-10-4-8-13-9-5-11-15(13)14;1-8-6-9-4-2-3-5-10(9)7-8;2*1-2-4-6-5-3-1;;;;/h1-11H;2-7H,1H3;2*1-5H;2*1H3;1H2;. The van der Waals surface area contributed by atoms with Gasteiger partial charge >= 0.3 is 242 Å². The quantitative estimate of drug-likeness (QED) is 0.172. The summed E-state index contributed by atoms with van der Waals surface area (Å²) in [6, 6.07) is 50.3. The SMILES string of the molecule is CC1=Cc2ccccc2[CH]1[Zr]([CH3])([CH3])(=[SiH2])([c]1ccccc1)([c]1ccccc1)[CH]1C=Cc2c(-c3ccccc3)cccc21. The molecule has 0 bridgehead atoms. The van der Waals surface area contributed by atoms with E-state index in [9.17, 15) is 0 Å². The molecule has 0 aromatic heterocycles. The van der Waals surface area contributed by atoms with Crippen molar-refractivity contribution in [2.75, 3.05) is 0 Å². The fraction of sp³-hybridized carbons (Fsp3) is 0.128. The molecule has 0 nitrogen and oxygen atoms in total. The van der Waals surface area contributed by atoms with E-state index in [1.165, 1.54) is 45.5 Å². The van der Waals surface area contributed by atoms with Crippen molar-refractivity contribution in [3.8, 4) is 11.1 Å². The fourth-order valence-electron chi connectivity index (χ4n) is 9.77. The summed E-state index contributed by atoms with van der Waals surface area (Å²) in [7, 11) is 0. The minimum absolute atomic E-state index is 0.216. The van der Waals surface area contributed by atoms with Crippen LogP contribution in [0.1, 0.15) is 36.4 Å². The molecular formula is C39H38SiZr. The third-order valence-corrected chi connectivity index (χ3v) is 51.4. The average Bonchev–Trinajstić information content (AvgIpc) is 3.62. The van der Waals surface area contributed by atoms with Crippen LogP contribution in [-0.4, -0.2) is 6.88 Å². The Morgan fingerprint density at radius 1 is 0.585 bits per heavy atom. The Hall–Kier alpha value is -3.32. The molecule has 0 spiro atoms. The van der Waals surface area contributed by atoms with Crippen molar-refractivity contribution >= 4 is 25.6 Å². The first-order valence-corrected chi connectivity index (χ1v) is 31.0.